The number of para-hydroxylation sites is 1. The molecular formula is C26H16BrClN4O7. The molecule has 0 saturated carbocycles. The van der Waals surface area contributed by atoms with Gasteiger partial charge in [-0.3, -0.25) is 14.9 Å². The number of nitrogens with zero attached hydrogens (tertiary/aromatic N) is 4. The van der Waals surface area contributed by atoms with Crippen LogP contribution >= 0.6 is 27.5 Å². The topological polar surface area (TPSA) is 150 Å². The van der Waals surface area contributed by atoms with Gasteiger partial charge in [-0.25, -0.2) is 9.78 Å². The summed E-state index contributed by atoms with van der Waals surface area (Å²) in [6.07, 6.45) is -0.309. The van der Waals surface area contributed by atoms with Crippen molar-refractivity contribution in [1.82, 2.24) is 9.66 Å². The fourth-order valence-corrected chi connectivity index (χ4v) is 4.42. The highest BCUT2D eigenvalue weighted by molar-refractivity contribution is 9.10. The molecule has 1 N–H and O–H groups in total. The maximum Gasteiger partial charge on any atom is 0.344 e. The molecule has 0 fully saturated rings. The van der Waals surface area contributed by atoms with Gasteiger partial charge >= 0.3 is 11.7 Å². The van der Waals surface area contributed by atoms with Gasteiger partial charge in [-0.15, -0.1) is 0 Å². The minimum Gasteiger partial charge on any atom is -0.479 e. The number of hydrogen-bond donors (Lipinski definition) is 1. The molecule has 5 rings (SSSR count). The lowest BCUT2D eigenvalue weighted by molar-refractivity contribution is -0.386. The number of nitro groups is 1. The Morgan fingerprint density at radius 2 is 2.03 bits per heavy atom. The summed E-state index contributed by atoms with van der Waals surface area (Å²) in [6, 6.07) is 16.1. The zero-order valence-corrected chi connectivity index (χ0v) is 22.2. The number of hydrogen-bond acceptors (Lipinski definition) is 8. The van der Waals surface area contributed by atoms with E-state index in [0.717, 1.165) is 26.8 Å². The number of halogens is 2. The van der Waals surface area contributed by atoms with Crippen molar-refractivity contribution in [2.75, 3.05) is 0 Å². The predicted octanol–water partition coefficient (Wildman–Crippen LogP) is 5.87. The zero-order chi connectivity index (χ0) is 27.8. The number of carbonyl (C=O) groups is 1. The number of nitro benzene ring substituents is 1. The summed E-state index contributed by atoms with van der Waals surface area (Å²) in [5, 5.41) is 26.3. The molecule has 0 aliphatic carbocycles. The summed E-state index contributed by atoms with van der Waals surface area (Å²) < 4.78 is 13.2. The number of ether oxygens (including phenoxy) is 1. The van der Waals surface area contributed by atoms with Crippen molar-refractivity contribution in [2.45, 2.75) is 13.0 Å². The quantitative estimate of drug-likeness (QED) is 0.136. The van der Waals surface area contributed by atoms with E-state index in [1.165, 1.54) is 13.0 Å². The fourth-order valence-electron chi connectivity index (χ4n) is 3.82. The first-order valence-electron chi connectivity index (χ1n) is 11.3. The summed E-state index contributed by atoms with van der Waals surface area (Å²) in [7, 11) is 0. The molecule has 0 spiro atoms. The number of carboxylic acid groups (broad SMARTS) is 1. The van der Waals surface area contributed by atoms with E-state index in [1.54, 1.807) is 42.5 Å². The van der Waals surface area contributed by atoms with E-state index in [0.29, 0.717) is 11.1 Å². The second-order valence-corrected chi connectivity index (χ2v) is 9.66. The van der Waals surface area contributed by atoms with Gasteiger partial charge in [-0.1, -0.05) is 39.7 Å². The zero-order valence-electron chi connectivity index (χ0n) is 19.9. The third-order valence-electron chi connectivity index (χ3n) is 5.67. The average molecular weight is 612 g/mol. The Balaban J connectivity index is 1.73. The largest absolute Gasteiger partial charge is 0.479 e. The van der Waals surface area contributed by atoms with Crippen LogP contribution in [0.5, 0.6) is 5.75 Å². The van der Waals surface area contributed by atoms with Gasteiger partial charge in [0.05, 0.1) is 22.0 Å². The summed E-state index contributed by atoms with van der Waals surface area (Å²) >= 11 is 9.52. The molecule has 5 aromatic rings. The van der Waals surface area contributed by atoms with Gasteiger partial charge in [0.25, 0.3) is 5.56 Å². The van der Waals surface area contributed by atoms with Crippen molar-refractivity contribution in [3.8, 4) is 17.3 Å². The number of rotatable bonds is 7. The molecule has 0 amide bonds. The number of carboxylic acids is 1. The van der Waals surface area contributed by atoms with Gasteiger partial charge in [-0.05, 0) is 49.4 Å². The van der Waals surface area contributed by atoms with Crippen molar-refractivity contribution < 1.29 is 24.0 Å². The first kappa shape index (κ1) is 26.1. The lowest BCUT2D eigenvalue weighted by Crippen LogP contribution is -2.24. The Kier molecular flexibility index (Phi) is 6.89. The molecule has 3 aromatic carbocycles. The van der Waals surface area contributed by atoms with Gasteiger partial charge in [0.1, 0.15) is 5.58 Å². The first-order chi connectivity index (χ1) is 18.6. The molecule has 2 aromatic heterocycles. The lowest BCUT2D eigenvalue weighted by atomic mass is 10.2. The lowest BCUT2D eigenvalue weighted by Gasteiger charge is -2.13. The van der Waals surface area contributed by atoms with E-state index in [9.17, 15) is 24.8 Å². The van der Waals surface area contributed by atoms with Crippen molar-refractivity contribution in [3.05, 3.63) is 96.2 Å². The Bertz CT molecular complexity index is 1880. The number of aromatic nitrogens is 2. The van der Waals surface area contributed by atoms with E-state index >= 15 is 0 Å². The number of furan rings is 1. The van der Waals surface area contributed by atoms with Crippen LogP contribution in [0.1, 0.15) is 12.5 Å². The van der Waals surface area contributed by atoms with Crippen LogP contribution in [-0.2, 0) is 4.79 Å². The molecular weight excluding hydrogens is 596 g/mol. The van der Waals surface area contributed by atoms with Crippen LogP contribution in [0.15, 0.2) is 79.4 Å². The van der Waals surface area contributed by atoms with Gasteiger partial charge in [0.2, 0.25) is 11.6 Å². The van der Waals surface area contributed by atoms with Crippen molar-refractivity contribution in [1.29, 1.82) is 0 Å². The van der Waals surface area contributed by atoms with Crippen molar-refractivity contribution in [2.24, 2.45) is 5.10 Å². The maximum atomic E-state index is 13.5. The SMILES string of the molecule is C[C@@H](Oc1c(C=Nn2c(-c3cc4cc(Br)ccc4o3)nc3ccccc3c2=O)cc(Cl)cc1[N+](=O)[O-])C(=O)O. The van der Waals surface area contributed by atoms with Crippen LogP contribution in [-0.4, -0.2) is 38.0 Å². The van der Waals surface area contributed by atoms with Gasteiger partial charge < -0.3 is 14.3 Å². The standard InChI is InChI=1S/C26H16BrClN4O7/c1-13(26(34)35)38-23-15(9-17(28)11-20(23)32(36)37)12-29-31-24(30-19-5-3-2-4-18(19)25(31)33)22-10-14-8-16(27)6-7-21(14)39-22/h2-13H,1H3,(H,34,35)/t13-/m1/s1. The summed E-state index contributed by atoms with van der Waals surface area (Å²) in [5.74, 6) is -1.40. The highest BCUT2D eigenvalue weighted by atomic mass is 79.9. The molecule has 39 heavy (non-hydrogen) atoms. The summed E-state index contributed by atoms with van der Waals surface area (Å²) in [4.78, 5) is 40.4. The Morgan fingerprint density at radius 3 is 2.77 bits per heavy atom. The predicted molar refractivity (Wildman–Crippen MR) is 148 cm³/mol. The minimum absolute atomic E-state index is 0.0226. The van der Waals surface area contributed by atoms with Crippen LogP contribution in [0.4, 0.5) is 5.69 Å². The third-order valence-corrected chi connectivity index (χ3v) is 6.38. The molecule has 13 heteroatoms. The smallest absolute Gasteiger partial charge is 0.344 e. The fraction of sp³-hybridized carbons (Fsp3) is 0.0769. The number of fused-ring (bicyclic) bond motifs is 2. The molecule has 0 radical (unpaired) electrons. The highest BCUT2D eigenvalue weighted by Crippen LogP contribution is 2.35. The van der Waals surface area contributed by atoms with Crippen molar-refractivity contribution in [3.63, 3.8) is 0 Å². The number of aliphatic carboxylic acids is 1. The molecule has 0 saturated heterocycles. The second kappa shape index (κ2) is 10.3. The Hall–Kier alpha value is -4.55. The number of benzene rings is 3. The molecule has 196 valence electrons. The monoisotopic (exact) mass is 610 g/mol. The van der Waals surface area contributed by atoms with Gasteiger partial charge in [0.15, 0.2) is 11.9 Å². The van der Waals surface area contributed by atoms with Crippen LogP contribution in [0.3, 0.4) is 0 Å². The van der Waals surface area contributed by atoms with Gasteiger partial charge in [0, 0.05) is 26.5 Å². The molecule has 2 heterocycles. The van der Waals surface area contributed by atoms with Crippen LogP contribution in [0.2, 0.25) is 5.02 Å². The summed E-state index contributed by atoms with van der Waals surface area (Å²) in [6.45, 7) is 1.22. The van der Waals surface area contributed by atoms with E-state index in [-0.39, 0.29) is 33.3 Å². The highest BCUT2D eigenvalue weighted by Gasteiger charge is 2.25. The Labute approximate surface area is 232 Å². The van der Waals surface area contributed by atoms with E-state index in [1.807, 2.05) is 6.07 Å². The Morgan fingerprint density at radius 1 is 1.26 bits per heavy atom. The average Bonchev–Trinajstić information content (AvgIpc) is 3.32. The molecule has 0 aliphatic rings. The molecule has 0 bridgehead atoms. The minimum atomic E-state index is -1.42. The van der Waals surface area contributed by atoms with E-state index in [4.69, 9.17) is 20.8 Å². The molecule has 0 unspecified atom stereocenters. The molecule has 0 aliphatic heterocycles. The second-order valence-electron chi connectivity index (χ2n) is 8.31. The van der Waals surface area contributed by atoms with Crippen LogP contribution < -0.4 is 10.3 Å². The van der Waals surface area contributed by atoms with E-state index < -0.39 is 28.2 Å². The summed E-state index contributed by atoms with van der Waals surface area (Å²) in [5.41, 5.74) is -0.171. The van der Waals surface area contributed by atoms with E-state index in [2.05, 4.69) is 26.0 Å². The van der Waals surface area contributed by atoms with Gasteiger partial charge in [-0.2, -0.15) is 9.78 Å². The molecule has 1 atom stereocenters. The maximum absolute atomic E-state index is 13.5. The molecule has 11 nitrogen and oxygen atoms in total. The normalized spacial score (nSPS) is 12.3. The van der Waals surface area contributed by atoms with Crippen molar-refractivity contribution >= 4 is 67.3 Å². The van der Waals surface area contributed by atoms with Crippen LogP contribution in [0.25, 0.3) is 33.5 Å². The third kappa shape index (κ3) is 5.11. The van der Waals surface area contributed by atoms with Crippen LogP contribution in [0, 0.1) is 10.1 Å². The first-order valence-corrected chi connectivity index (χ1v) is 12.4.